The fourth-order valence-corrected chi connectivity index (χ4v) is 9.42. The van der Waals surface area contributed by atoms with Gasteiger partial charge in [-0.05, 0) is 13.8 Å². The molecule has 200 valence electrons. The smallest absolute Gasteiger partial charge is 1.00 e. The van der Waals surface area contributed by atoms with Crippen molar-refractivity contribution >= 4 is 40.0 Å². The second-order valence-corrected chi connectivity index (χ2v) is 15.6. The van der Waals surface area contributed by atoms with Crippen molar-refractivity contribution in [1.29, 1.82) is 0 Å². The van der Waals surface area contributed by atoms with Crippen LogP contribution in [0.1, 0.15) is 22.3 Å². The average molecular weight is 614 g/mol. The molecule has 0 atom stereocenters. The molecule has 0 unspecified atom stereocenters. The van der Waals surface area contributed by atoms with Crippen LogP contribution < -0.4 is 35.2 Å². The third-order valence-electron chi connectivity index (χ3n) is 8.25. The van der Waals surface area contributed by atoms with Gasteiger partial charge in [-0.25, -0.2) is 0 Å². The van der Waals surface area contributed by atoms with Crippen LogP contribution >= 0.6 is 0 Å². The summed E-state index contributed by atoms with van der Waals surface area (Å²) in [6.07, 6.45) is 0. The number of hydrogen-bond donors (Lipinski definition) is 0. The molecule has 0 heterocycles. The van der Waals surface area contributed by atoms with E-state index in [0.717, 1.165) is 0 Å². The molecule has 0 radical (unpaired) electrons. The Morgan fingerprint density at radius 3 is 1.20 bits per heavy atom. The van der Waals surface area contributed by atoms with Gasteiger partial charge in [0.15, 0.2) is 0 Å². The molecule has 0 aliphatic rings. The van der Waals surface area contributed by atoms with E-state index in [1.165, 1.54) is 76.4 Å². The Morgan fingerprint density at radius 2 is 0.850 bits per heavy atom. The Balaban J connectivity index is 0.00000147. The zero-order chi connectivity index (χ0) is 25.9. The van der Waals surface area contributed by atoms with Crippen LogP contribution in [0, 0.1) is 27.7 Å². The number of rotatable bonds is 4. The first-order valence-electron chi connectivity index (χ1n) is 13.3. The Kier molecular flexibility index (Phi) is 9.82. The standard InChI is InChI=1S/C36H34Si.2ClH.Ti/c1-23-13-17-27(18-14-23)33-25(3)21-29-9-7-11-31(35(29)33)37(5,6)32-12-8-10-30-22-26(4)34(36(30)32)28-19-15-24(2)16-20-28;;;/h7-22H,1-6H3;2*1H;/q-2;;;+4/p-2. The van der Waals surface area contributed by atoms with Gasteiger partial charge in [0.1, 0.15) is 0 Å². The molecule has 6 aromatic rings. The summed E-state index contributed by atoms with van der Waals surface area (Å²) >= 11 is 0. The maximum absolute atomic E-state index is 2.54. The molecule has 0 saturated heterocycles. The van der Waals surface area contributed by atoms with Crippen LogP contribution in [-0.2, 0) is 21.7 Å². The van der Waals surface area contributed by atoms with Crippen molar-refractivity contribution in [2.75, 3.05) is 0 Å². The molecule has 0 aromatic heterocycles. The quantitative estimate of drug-likeness (QED) is 0.212. The minimum atomic E-state index is -2.11. The van der Waals surface area contributed by atoms with E-state index in [4.69, 9.17) is 0 Å². The first kappa shape index (κ1) is 32.1. The van der Waals surface area contributed by atoms with Gasteiger partial charge in [0.2, 0.25) is 0 Å². The van der Waals surface area contributed by atoms with Crippen LogP contribution in [0.4, 0.5) is 0 Å². The Morgan fingerprint density at radius 1 is 0.500 bits per heavy atom. The van der Waals surface area contributed by atoms with Gasteiger partial charge in [0.25, 0.3) is 0 Å². The van der Waals surface area contributed by atoms with E-state index in [1.54, 1.807) is 0 Å². The van der Waals surface area contributed by atoms with Crippen molar-refractivity contribution in [3.05, 3.63) is 119 Å². The molecule has 6 aromatic carbocycles. The van der Waals surface area contributed by atoms with E-state index < -0.39 is 8.07 Å². The van der Waals surface area contributed by atoms with E-state index in [1.807, 2.05) is 0 Å². The van der Waals surface area contributed by atoms with E-state index >= 15 is 0 Å². The predicted octanol–water partition coefficient (Wildman–Crippen LogP) is 2.83. The Hall–Kier alpha value is -2.39. The number of aryl methyl sites for hydroxylation is 4. The molecule has 0 N–H and O–H groups in total. The molecule has 4 heteroatoms. The third kappa shape index (κ3) is 5.31. The summed E-state index contributed by atoms with van der Waals surface area (Å²) in [6.45, 7) is 13.9. The van der Waals surface area contributed by atoms with Gasteiger partial charge < -0.3 is 24.8 Å². The Bertz CT molecular complexity index is 1640. The van der Waals surface area contributed by atoms with Gasteiger partial charge in [0.05, 0.1) is 8.07 Å². The predicted molar refractivity (Wildman–Crippen MR) is 166 cm³/mol. The van der Waals surface area contributed by atoms with Gasteiger partial charge in [-0.2, -0.15) is 0 Å². The van der Waals surface area contributed by atoms with E-state index in [2.05, 4.69) is 138 Å². The second-order valence-electron chi connectivity index (χ2n) is 11.3. The molecule has 0 nitrogen and oxygen atoms in total. The van der Waals surface area contributed by atoms with Crippen LogP contribution in [0.15, 0.2) is 97.1 Å². The van der Waals surface area contributed by atoms with Gasteiger partial charge in [-0.3, -0.25) is 0 Å². The molecule has 0 amide bonds. The number of halogens is 2. The van der Waals surface area contributed by atoms with Crippen molar-refractivity contribution in [3.63, 3.8) is 0 Å². The average Bonchev–Trinajstić information content (AvgIpc) is 3.40. The zero-order valence-corrected chi connectivity index (χ0v) is 28.1. The van der Waals surface area contributed by atoms with Crippen molar-refractivity contribution in [1.82, 2.24) is 0 Å². The van der Waals surface area contributed by atoms with Crippen LogP contribution in [0.25, 0.3) is 43.8 Å². The fraction of sp³-hybridized carbons (Fsp3) is 0.167. The molecular formula is C36H34Cl2SiTi. The summed E-state index contributed by atoms with van der Waals surface area (Å²) in [5, 5.41) is 8.65. The summed E-state index contributed by atoms with van der Waals surface area (Å²) in [5.74, 6) is 0. The van der Waals surface area contributed by atoms with Crippen molar-refractivity contribution < 1.29 is 46.5 Å². The largest absolute Gasteiger partial charge is 4.00 e. The SMILES string of the molecule is Cc1ccc(-c2c(C)[cH-]c3cccc([Si](C)(C)c4cccc5[cH-]c(C)c(-c6ccc(C)cc6)c45)c23)cc1.[Cl-].[Cl-].[Ti+4]. The van der Waals surface area contributed by atoms with Crippen LogP contribution in [0.5, 0.6) is 0 Å². The van der Waals surface area contributed by atoms with Gasteiger partial charge in [0, 0.05) is 0 Å². The number of hydrogen-bond acceptors (Lipinski definition) is 0. The Labute approximate surface area is 267 Å². The summed E-state index contributed by atoms with van der Waals surface area (Å²) in [4.78, 5) is 0. The first-order chi connectivity index (χ1) is 17.8. The monoisotopic (exact) mass is 612 g/mol. The topological polar surface area (TPSA) is 0 Å². The molecule has 40 heavy (non-hydrogen) atoms. The molecular weight excluding hydrogens is 579 g/mol. The maximum Gasteiger partial charge on any atom is 4.00 e. The molecule has 0 aliphatic heterocycles. The number of fused-ring (bicyclic) bond motifs is 2. The van der Waals surface area contributed by atoms with Gasteiger partial charge in [-0.1, -0.05) is 120 Å². The van der Waals surface area contributed by atoms with E-state index in [9.17, 15) is 0 Å². The maximum atomic E-state index is 2.54. The summed E-state index contributed by atoms with van der Waals surface area (Å²) in [6, 6.07) is 36.8. The zero-order valence-electron chi connectivity index (χ0n) is 24.0. The molecule has 0 fully saturated rings. The van der Waals surface area contributed by atoms with Crippen molar-refractivity contribution in [2.45, 2.75) is 40.8 Å². The summed E-state index contributed by atoms with van der Waals surface area (Å²) < 4.78 is 0. The van der Waals surface area contributed by atoms with E-state index in [-0.39, 0.29) is 46.5 Å². The first-order valence-corrected chi connectivity index (χ1v) is 16.3. The minimum Gasteiger partial charge on any atom is -1.00 e. The molecule has 0 aliphatic carbocycles. The van der Waals surface area contributed by atoms with Crippen molar-refractivity contribution in [2.24, 2.45) is 0 Å². The molecule has 0 spiro atoms. The van der Waals surface area contributed by atoms with E-state index in [0.29, 0.717) is 0 Å². The van der Waals surface area contributed by atoms with Crippen molar-refractivity contribution in [3.8, 4) is 22.3 Å². The minimum absolute atomic E-state index is 0. The van der Waals surface area contributed by atoms with Crippen LogP contribution in [0.2, 0.25) is 13.1 Å². The molecule has 0 saturated carbocycles. The van der Waals surface area contributed by atoms with Gasteiger partial charge >= 0.3 is 21.7 Å². The summed E-state index contributed by atoms with van der Waals surface area (Å²) in [5.41, 5.74) is 10.8. The third-order valence-corrected chi connectivity index (χ3v) is 11.8. The van der Waals surface area contributed by atoms with Crippen LogP contribution in [0.3, 0.4) is 0 Å². The molecule has 0 bridgehead atoms. The second kappa shape index (κ2) is 12.2. The summed E-state index contributed by atoms with van der Waals surface area (Å²) in [7, 11) is -2.11. The van der Waals surface area contributed by atoms with Crippen LogP contribution in [-0.4, -0.2) is 8.07 Å². The molecule has 6 rings (SSSR count). The van der Waals surface area contributed by atoms with Gasteiger partial charge in [-0.15, -0.1) is 80.2 Å². The normalized spacial score (nSPS) is 11.2. The number of benzene rings is 4. The fourth-order valence-electron chi connectivity index (χ4n) is 6.32.